The van der Waals surface area contributed by atoms with Crippen molar-refractivity contribution in [1.82, 2.24) is 0 Å². The van der Waals surface area contributed by atoms with Gasteiger partial charge in [-0.15, -0.1) is 0 Å². The highest BCUT2D eigenvalue weighted by molar-refractivity contribution is 5.89. The maximum Gasteiger partial charge on any atom is 0.338 e. The summed E-state index contributed by atoms with van der Waals surface area (Å²) in [6.07, 6.45) is 4.11. The molecule has 0 saturated carbocycles. The van der Waals surface area contributed by atoms with Crippen molar-refractivity contribution in [3.8, 4) is 0 Å². The third-order valence-corrected chi connectivity index (χ3v) is 2.05. The quantitative estimate of drug-likeness (QED) is 0.605. The van der Waals surface area contributed by atoms with E-state index in [9.17, 15) is 4.79 Å². The number of ether oxygens (including phenoxy) is 1. The molecule has 0 unspecified atom stereocenters. The standard InChI is InChI=1S/C14H16O3/c1-12(7-5-6-10-15)11-17-14(16)13-8-3-2-4-9-13/h2-5,7-9,15H,1,6,10-11H2/b7-5-. The number of aliphatic hydroxyl groups is 1. The summed E-state index contributed by atoms with van der Waals surface area (Å²) < 4.78 is 5.07. The maximum absolute atomic E-state index is 11.6. The Bertz CT molecular complexity index is 393. The van der Waals surface area contributed by atoms with Gasteiger partial charge in [-0.2, -0.15) is 0 Å². The van der Waals surface area contributed by atoms with Crippen molar-refractivity contribution >= 4 is 5.97 Å². The minimum absolute atomic E-state index is 0.105. The second kappa shape index (κ2) is 7.41. The Morgan fingerprint density at radius 3 is 2.71 bits per heavy atom. The summed E-state index contributed by atoms with van der Waals surface area (Å²) in [7, 11) is 0. The van der Waals surface area contributed by atoms with Gasteiger partial charge in [-0.25, -0.2) is 4.79 Å². The molecule has 0 heterocycles. The summed E-state index contributed by atoms with van der Waals surface area (Å²) in [4.78, 5) is 11.6. The highest BCUT2D eigenvalue weighted by Crippen LogP contribution is 2.03. The summed E-state index contributed by atoms with van der Waals surface area (Å²) in [5, 5.41) is 8.58. The lowest BCUT2D eigenvalue weighted by molar-refractivity contribution is 0.0543. The normalized spacial score (nSPS) is 10.4. The Labute approximate surface area is 101 Å². The summed E-state index contributed by atoms with van der Waals surface area (Å²) in [6.45, 7) is 4.01. The molecule has 1 N–H and O–H groups in total. The number of carbonyl (C=O) groups excluding carboxylic acids is 1. The maximum atomic E-state index is 11.6. The van der Waals surface area contributed by atoms with Crippen LogP contribution in [0.1, 0.15) is 16.8 Å². The van der Waals surface area contributed by atoms with E-state index in [2.05, 4.69) is 6.58 Å². The number of hydrogen-bond donors (Lipinski definition) is 1. The van der Waals surface area contributed by atoms with E-state index < -0.39 is 0 Å². The van der Waals surface area contributed by atoms with Crippen LogP contribution in [0.25, 0.3) is 0 Å². The molecule has 3 nitrogen and oxygen atoms in total. The van der Waals surface area contributed by atoms with Gasteiger partial charge in [0.1, 0.15) is 6.61 Å². The number of carbonyl (C=O) groups is 1. The van der Waals surface area contributed by atoms with E-state index in [0.29, 0.717) is 17.6 Å². The lowest BCUT2D eigenvalue weighted by Gasteiger charge is -2.04. The van der Waals surface area contributed by atoms with Gasteiger partial charge in [0.05, 0.1) is 5.56 Å². The van der Waals surface area contributed by atoms with Gasteiger partial charge in [0, 0.05) is 6.61 Å². The van der Waals surface area contributed by atoms with Crippen molar-refractivity contribution < 1.29 is 14.6 Å². The van der Waals surface area contributed by atoms with E-state index in [1.165, 1.54) is 0 Å². The third-order valence-electron chi connectivity index (χ3n) is 2.05. The van der Waals surface area contributed by atoms with Crippen molar-refractivity contribution in [2.45, 2.75) is 6.42 Å². The van der Waals surface area contributed by atoms with Gasteiger partial charge in [-0.1, -0.05) is 36.9 Å². The molecule has 0 saturated heterocycles. The molecule has 0 bridgehead atoms. The SMILES string of the molecule is C=C(/C=C\CCO)COC(=O)c1ccccc1. The fraction of sp³-hybridized carbons (Fsp3) is 0.214. The average molecular weight is 232 g/mol. The van der Waals surface area contributed by atoms with Gasteiger partial charge in [-0.05, 0) is 24.1 Å². The number of aliphatic hydroxyl groups excluding tert-OH is 1. The zero-order valence-electron chi connectivity index (χ0n) is 9.63. The summed E-state index contributed by atoms with van der Waals surface area (Å²) in [6, 6.07) is 8.81. The van der Waals surface area contributed by atoms with Gasteiger partial charge in [-0.3, -0.25) is 0 Å². The van der Waals surface area contributed by atoms with E-state index in [-0.39, 0.29) is 19.2 Å². The molecule has 0 spiro atoms. The summed E-state index contributed by atoms with van der Waals surface area (Å²) in [5.74, 6) is -0.359. The molecule has 90 valence electrons. The molecule has 0 aliphatic heterocycles. The van der Waals surface area contributed by atoms with Crippen LogP contribution in [0.4, 0.5) is 0 Å². The van der Waals surface area contributed by atoms with Crippen molar-refractivity contribution in [3.63, 3.8) is 0 Å². The number of esters is 1. The van der Waals surface area contributed by atoms with Crippen LogP contribution in [0.5, 0.6) is 0 Å². The monoisotopic (exact) mass is 232 g/mol. The molecule has 0 aliphatic rings. The second-order valence-electron chi connectivity index (χ2n) is 3.52. The van der Waals surface area contributed by atoms with Crippen LogP contribution in [0.15, 0.2) is 54.6 Å². The fourth-order valence-corrected chi connectivity index (χ4v) is 1.19. The van der Waals surface area contributed by atoms with Crippen molar-refractivity contribution in [2.24, 2.45) is 0 Å². The average Bonchev–Trinajstić information content (AvgIpc) is 2.37. The topological polar surface area (TPSA) is 46.5 Å². The van der Waals surface area contributed by atoms with Crippen molar-refractivity contribution in [3.05, 3.63) is 60.2 Å². The Balaban J connectivity index is 2.36. The molecule has 1 aromatic rings. The lowest BCUT2D eigenvalue weighted by atomic mass is 10.2. The van der Waals surface area contributed by atoms with Crippen LogP contribution in [-0.4, -0.2) is 24.3 Å². The van der Waals surface area contributed by atoms with Crippen LogP contribution in [0.3, 0.4) is 0 Å². The van der Waals surface area contributed by atoms with Crippen molar-refractivity contribution in [2.75, 3.05) is 13.2 Å². The Morgan fingerprint density at radius 1 is 1.35 bits per heavy atom. The first-order valence-electron chi connectivity index (χ1n) is 5.41. The van der Waals surface area contributed by atoms with Crippen LogP contribution >= 0.6 is 0 Å². The number of rotatable bonds is 6. The molecule has 0 amide bonds. The first-order valence-corrected chi connectivity index (χ1v) is 5.41. The fourth-order valence-electron chi connectivity index (χ4n) is 1.19. The van der Waals surface area contributed by atoms with Crippen LogP contribution in [0.2, 0.25) is 0 Å². The second-order valence-corrected chi connectivity index (χ2v) is 3.52. The number of hydrogen-bond acceptors (Lipinski definition) is 3. The Hall–Kier alpha value is -1.87. The molecule has 0 atom stereocenters. The smallest absolute Gasteiger partial charge is 0.338 e. The molecule has 1 rings (SSSR count). The van der Waals surface area contributed by atoms with Crippen LogP contribution in [-0.2, 0) is 4.74 Å². The molecule has 1 aromatic carbocycles. The van der Waals surface area contributed by atoms with Gasteiger partial charge in [0.25, 0.3) is 0 Å². The molecule has 0 aliphatic carbocycles. The molecule has 0 radical (unpaired) electrons. The van der Waals surface area contributed by atoms with Gasteiger partial charge in [0.15, 0.2) is 0 Å². The summed E-state index contributed by atoms with van der Waals surface area (Å²) in [5.41, 5.74) is 1.22. The summed E-state index contributed by atoms with van der Waals surface area (Å²) >= 11 is 0. The van der Waals surface area contributed by atoms with E-state index >= 15 is 0 Å². The predicted octanol–water partition coefficient (Wildman–Crippen LogP) is 2.34. The van der Waals surface area contributed by atoms with Gasteiger partial charge < -0.3 is 9.84 Å². The van der Waals surface area contributed by atoms with E-state index in [4.69, 9.17) is 9.84 Å². The molecule has 3 heteroatoms. The minimum Gasteiger partial charge on any atom is -0.457 e. The van der Waals surface area contributed by atoms with Gasteiger partial charge in [0.2, 0.25) is 0 Å². The minimum atomic E-state index is -0.359. The highest BCUT2D eigenvalue weighted by Gasteiger charge is 2.05. The Morgan fingerprint density at radius 2 is 2.06 bits per heavy atom. The van der Waals surface area contributed by atoms with Crippen molar-refractivity contribution in [1.29, 1.82) is 0 Å². The molecular weight excluding hydrogens is 216 g/mol. The lowest BCUT2D eigenvalue weighted by Crippen LogP contribution is -2.06. The largest absolute Gasteiger partial charge is 0.457 e. The first-order chi connectivity index (χ1) is 8.24. The highest BCUT2D eigenvalue weighted by atomic mass is 16.5. The number of benzene rings is 1. The van der Waals surface area contributed by atoms with E-state index in [1.54, 1.807) is 36.4 Å². The van der Waals surface area contributed by atoms with E-state index in [0.717, 1.165) is 0 Å². The van der Waals surface area contributed by atoms with Crippen LogP contribution in [0, 0.1) is 0 Å². The molecule has 0 aromatic heterocycles. The molecule has 0 fully saturated rings. The molecule has 17 heavy (non-hydrogen) atoms. The van der Waals surface area contributed by atoms with Gasteiger partial charge >= 0.3 is 5.97 Å². The molecular formula is C14H16O3. The first kappa shape index (κ1) is 13.2. The third kappa shape index (κ3) is 5.13. The Kier molecular flexibility index (Phi) is 5.75. The zero-order chi connectivity index (χ0) is 12.5. The van der Waals surface area contributed by atoms with E-state index in [1.807, 2.05) is 6.07 Å². The zero-order valence-corrected chi connectivity index (χ0v) is 9.63. The predicted molar refractivity (Wildman–Crippen MR) is 66.7 cm³/mol. The van der Waals surface area contributed by atoms with Crippen LogP contribution < -0.4 is 0 Å².